The zero-order chi connectivity index (χ0) is 26.2. The molecule has 2 saturated carbocycles. The number of hydrogen-bond acceptors (Lipinski definition) is 7. The van der Waals surface area contributed by atoms with Crippen LogP contribution in [-0.4, -0.2) is 79.5 Å². The van der Waals surface area contributed by atoms with Crippen LogP contribution in [0.5, 0.6) is 5.75 Å². The average molecular weight is 512 g/mol. The van der Waals surface area contributed by atoms with E-state index in [1.165, 1.54) is 12.5 Å². The number of carbonyl (C=O) groups is 2. The van der Waals surface area contributed by atoms with Gasteiger partial charge in [0.2, 0.25) is 5.91 Å². The Labute approximate surface area is 219 Å². The Bertz CT molecular complexity index is 1110. The molecule has 6 atom stereocenters. The zero-order valence-corrected chi connectivity index (χ0v) is 22.6. The quantitative estimate of drug-likeness (QED) is 0.568. The number of esters is 1. The van der Waals surface area contributed by atoms with Gasteiger partial charge in [0.1, 0.15) is 17.5 Å². The van der Waals surface area contributed by atoms with Crippen molar-refractivity contribution >= 4 is 17.6 Å². The van der Waals surface area contributed by atoms with Crippen molar-refractivity contribution in [3.63, 3.8) is 0 Å². The minimum absolute atomic E-state index is 0.000465. The Kier molecular flexibility index (Phi) is 5.81. The normalized spacial score (nSPS) is 38.3. The first-order valence-corrected chi connectivity index (χ1v) is 14.1. The van der Waals surface area contributed by atoms with E-state index in [1.807, 2.05) is 13.1 Å². The number of amides is 1. The van der Waals surface area contributed by atoms with Gasteiger partial charge in [-0.2, -0.15) is 0 Å². The van der Waals surface area contributed by atoms with E-state index in [0.717, 1.165) is 69.5 Å². The van der Waals surface area contributed by atoms with E-state index < -0.39 is 17.1 Å². The second-order valence-corrected chi connectivity index (χ2v) is 12.1. The summed E-state index contributed by atoms with van der Waals surface area (Å²) in [5.41, 5.74) is 0.0487. The van der Waals surface area contributed by atoms with Crippen LogP contribution in [0.15, 0.2) is 18.2 Å². The molecular formula is C29H41N3O5. The lowest BCUT2D eigenvalue weighted by atomic mass is 9.46. The van der Waals surface area contributed by atoms with Crippen molar-refractivity contribution in [3.05, 3.63) is 23.8 Å². The Morgan fingerprint density at radius 1 is 1.16 bits per heavy atom. The maximum absolute atomic E-state index is 13.0. The molecule has 1 aromatic carbocycles. The van der Waals surface area contributed by atoms with Crippen LogP contribution < -0.4 is 15.0 Å². The van der Waals surface area contributed by atoms with Crippen molar-refractivity contribution in [3.8, 4) is 5.75 Å². The van der Waals surface area contributed by atoms with Crippen LogP contribution in [0.4, 0.5) is 5.69 Å². The molecule has 3 aliphatic heterocycles. The topological polar surface area (TPSA) is 91.3 Å². The maximum Gasteiger partial charge on any atom is 0.303 e. The van der Waals surface area contributed by atoms with Gasteiger partial charge >= 0.3 is 5.97 Å². The van der Waals surface area contributed by atoms with E-state index in [1.54, 1.807) is 7.11 Å². The number of ether oxygens (including phenoxy) is 2. The number of likely N-dealkylation sites (N-methyl/N-ethyl adjacent to an activating group) is 1. The van der Waals surface area contributed by atoms with Gasteiger partial charge in [-0.3, -0.25) is 14.5 Å². The second kappa shape index (κ2) is 8.60. The van der Waals surface area contributed by atoms with E-state index in [-0.39, 0.29) is 41.8 Å². The minimum atomic E-state index is -1.47. The summed E-state index contributed by atoms with van der Waals surface area (Å²) in [6.07, 6.45) is 5.71. The molecule has 1 spiro atoms. The SMILES string of the molecule is CC[C@@]12CCCN3CC[C@]4(c5ccc(OC)cc5N(C)[C@@H]4[C@@](O)(CNC(=O)C4CCC4)[C@@H]1OC(C)=O)[C@H]32. The lowest BCUT2D eigenvalue weighted by molar-refractivity contribution is -0.235. The van der Waals surface area contributed by atoms with Gasteiger partial charge in [0.25, 0.3) is 0 Å². The molecule has 4 fully saturated rings. The number of fused-ring (bicyclic) bond motifs is 1. The fraction of sp³-hybridized carbons (Fsp3) is 0.724. The molecular weight excluding hydrogens is 470 g/mol. The number of carbonyl (C=O) groups excluding carboxylic acids is 2. The van der Waals surface area contributed by atoms with E-state index in [9.17, 15) is 14.7 Å². The van der Waals surface area contributed by atoms with Gasteiger partial charge in [-0.05, 0) is 63.2 Å². The fourth-order valence-electron chi connectivity index (χ4n) is 9.18. The first-order valence-electron chi connectivity index (χ1n) is 14.1. The van der Waals surface area contributed by atoms with Crippen molar-refractivity contribution in [2.24, 2.45) is 11.3 Å². The predicted octanol–water partition coefficient (Wildman–Crippen LogP) is 2.61. The average Bonchev–Trinajstić information content (AvgIpc) is 3.36. The molecule has 2 N–H and O–H groups in total. The largest absolute Gasteiger partial charge is 0.497 e. The molecule has 6 rings (SSSR count). The van der Waals surface area contributed by atoms with Crippen molar-refractivity contribution in [1.29, 1.82) is 0 Å². The molecule has 37 heavy (non-hydrogen) atoms. The molecule has 0 radical (unpaired) electrons. The highest BCUT2D eigenvalue weighted by molar-refractivity contribution is 5.79. The number of nitrogens with zero attached hydrogens (tertiary/aromatic N) is 2. The molecule has 202 valence electrons. The molecule has 1 aromatic rings. The molecule has 5 aliphatic rings. The van der Waals surface area contributed by atoms with E-state index in [4.69, 9.17) is 9.47 Å². The number of rotatable bonds is 6. The Hall–Kier alpha value is -2.32. The third kappa shape index (κ3) is 3.21. The lowest BCUT2D eigenvalue weighted by Gasteiger charge is -2.66. The summed E-state index contributed by atoms with van der Waals surface area (Å²) in [5, 5.41) is 16.1. The van der Waals surface area contributed by atoms with Gasteiger partial charge < -0.3 is 24.8 Å². The van der Waals surface area contributed by atoms with E-state index in [0.29, 0.717) is 0 Å². The molecule has 0 bridgehead atoms. The molecule has 3 heterocycles. The molecule has 2 aliphatic carbocycles. The van der Waals surface area contributed by atoms with Gasteiger partial charge in [-0.1, -0.05) is 19.4 Å². The van der Waals surface area contributed by atoms with Crippen molar-refractivity contribution < 1.29 is 24.2 Å². The maximum atomic E-state index is 13.0. The summed E-state index contributed by atoms with van der Waals surface area (Å²) >= 11 is 0. The summed E-state index contributed by atoms with van der Waals surface area (Å²) in [4.78, 5) is 30.4. The third-order valence-electron chi connectivity index (χ3n) is 10.7. The smallest absolute Gasteiger partial charge is 0.303 e. The first kappa shape index (κ1) is 25.0. The van der Waals surface area contributed by atoms with Gasteiger partial charge in [0.15, 0.2) is 0 Å². The lowest BCUT2D eigenvalue weighted by Crippen LogP contribution is -2.81. The summed E-state index contributed by atoms with van der Waals surface area (Å²) in [5.74, 6) is 0.406. The van der Waals surface area contributed by atoms with Crippen LogP contribution in [0.1, 0.15) is 64.4 Å². The standard InChI is InChI=1S/C29H41N3O5/c1-5-27-12-7-14-32-15-13-28(24(27)32)21-11-10-20(36-4)16-22(21)31(3)25(28)29(35,26(27)37-18(2)33)17-30-23(34)19-8-6-9-19/h10-11,16,19,24-26,35H,5-9,12-15,17H2,1-4H3,(H,30,34)/t24-,25+,26-,27+,28+,29+/m1/s1. The van der Waals surface area contributed by atoms with Crippen LogP contribution in [0.2, 0.25) is 0 Å². The number of piperidine rings is 1. The summed E-state index contributed by atoms with van der Waals surface area (Å²) in [6.45, 7) is 5.63. The summed E-state index contributed by atoms with van der Waals surface area (Å²) < 4.78 is 11.8. The second-order valence-electron chi connectivity index (χ2n) is 12.1. The van der Waals surface area contributed by atoms with Gasteiger partial charge in [-0.25, -0.2) is 0 Å². The van der Waals surface area contributed by atoms with Crippen LogP contribution in [0.3, 0.4) is 0 Å². The highest BCUT2D eigenvalue weighted by Gasteiger charge is 2.78. The van der Waals surface area contributed by atoms with Crippen LogP contribution in [0, 0.1) is 11.3 Å². The van der Waals surface area contributed by atoms with Crippen LogP contribution in [-0.2, 0) is 19.7 Å². The molecule has 1 amide bonds. The first-order chi connectivity index (χ1) is 17.7. The highest BCUT2D eigenvalue weighted by atomic mass is 16.6. The number of anilines is 1. The Morgan fingerprint density at radius 3 is 2.59 bits per heavy atom. The number of aliphatic hydroxyl groups is 1. The van der Waals surface area contributed by atoms with Crippen molar-refractivity contribution in [2.75, 3.05) is 38.7 Å². The number of methoxy groups -OCH3 is 1. The molecule has 8 heteroatoms. The molecule has 2 saturated heterocycles. The van der Waals surface area contributed by atoms with Gasteiger partial charge in [0, 0.05) is 48.5 Å². The van der Waals surface area contributed by atoms with E-state index >= 15 is 0 Å². The van der Waals surface area contributed by atoms with Crippen molar-refractivity contribution in [1.82, 2.24) is 10.2 Å². The van der Waals surface area contributed by atoms with E-state index in [2.05, 4.69) is 34.2 Å². The number of benzene rings is 1. The molecule has 0 unspecified atom stereocenters. The van der Waals surface area contributed by atoms with Crippen LogP contribution in [0.25, 0.3) is 0 Å². The fourth-order valence-corrected chi connectivity index (χ4v) is 9.18. The van der Waals surface area contributed by atoms with Gasteiger partial charge in [-0.15, -0.1) is 0 Å². The zero-order valence-electron chi connectivity index (χ0n) is 22.6. The Morgan fingerprint density at radius 2 is 1.95 bits per heavy atom. The monoisotopic (exact) mass is 511 g/mol. The van der Waals surface area contributed by atoms with Crippen LogP contribution >= 0.6 is 0 Å². The molecule has 0 aromatic heterocycles. The third-order valence-corrected chi connectivity index (χ3v) is 10.7. The Balaban J connectivity index is 1.55. The number of nitrogens with one attached hydrogen (secondary N) is 1. The summed E-state index contributed by atoms with van der Waals surface area (Å²) in [6, 6.07) is 6.05. The van der Waals surface area contributed by atoms with Gasteiger partial charge in [0.05, 0.1) is 19.7 Å². The predicted molar refractivity (Wildman–Crippen MR) is 140 cm³/mol. The van der Waals surface area contributed by atoms with Crippen molar-refractivity contribution in [2.45, 2.75) is 88.0 Å². The minimum Gasteiger partial charge on any atom is -0.497 e. The molecule has 8 nitrogen and oxygen atoms in total. The summed E-state index contributed by atoms with van der Waals surface area (Å²) in [7, 11) is 3.71. The highest BCUT2D eigenvalue weighted by Crippen LogP contribution is 2.68. The number of hydrogen-bond donors (Lipinski definition) is 2.